The molecular formula is C14H9NO2. The molecule has 0 aliphatic heterocycles. The van der Waals surface area contributed by atoms with Crippen LogP contribution in [0.15, 0.2) is 63.9 Å². The van der Waals surface area contributed by atoms with Crippen LogP contribution in [0.2, 0.25) is 0 Å². The third kappa shape index (κ3) is 1.83. The Hall–Kier alpha value is -2.42. The maximum Gasteiger partial charge on any atom is 0.336 e. The molecule has 0 aliphatic carbocycles. The first-order chi connectivity index (χ1) is 8.33. The minimum Gasteiger partial charge on any atom is -0.423 e. The standard InChI is InChI=1S/C14H9NO2/c16-14-7-6-10-4-5-11(9-13(10)17-14)12-3-1-2-8-15-12/h1-9H. The van der Waals surface area contributed by atoms with E-state index in [1.165, 1.54) is 6.07 Å². The van der Waals surface area contributed by atoms with E-state index in [9.17, 15) is 4.79 Å². The molecule has 0 saturated heterocycles. The minimum atomic E-state index is -0.337. The topological polar surface area (TPSA) is 43.1 Å². The molecule has 3 heteroatoms. The van der Waals surface area contributed by atoms with Gasteiger partial charge in [-0.2, -0.15) is 0 Å². The number of pyridine rings is 1. The first-order valence-electron chi connectivity index (χ1n) is 5.28. The van der Waals surface area contributed by atoms with Gasteiger partial charge in [-0.3, -0.25) is 4.98 Å². The molecule has 3 nitrogen and oxygen atoms in total. The highest BCUT2D eigenvalue weighted by molar-refractivity contribution is 5.81. The van der Waals surface area contributed by atoms with Crippen LogP contribution in [0.5, 0.6) is 0 Å². The lowest BCUT2D eigenvalue weighted by atomic mass is 10.1. The summed E-state index contributed by atoms with van der Waals surface area (Å²) in [5, 5.41) is 0.907. The minimum absolute atomic E-state index is 0.337. The molecular weight excluding hydrogens is 214 g/mol. The molecule has 0 bridgehead atoms. The van der Waals surface area contributed by atoms with Crippen molar-refractivity contribution in [1.29, 1.82) is 0 Å². The van der Waals surface area contributed by atoms with Crippen LogP contribution in [0.3, 0.4) is 0 Å². The van der Waals surface area contributed by atoms with Crippen molar-refractivity contribution in [3.8, 4) is 11.3 Å². The molecule has 0 saturated carbocycles. The molecule has 2 heterocycles. The quantitative estimate of drug-likeness (QED) is 0.596. The van der Waals surface area contributed by atoms with Crippen molar-refractivity contribution in [2.24, 2.45) is 0 Å². The molecule has 1 aromatic carbocycles. The highest BCUT2D eigenvalue weighted by Gasteiger charge is 2.02. The molecule has 0 fully saturated rings. The number of nitrogens with zero attached hydrogens (tertiary/aromatic N) is 1. The van der Waals surface area contributed by atoms with E-state index in [0.717, 1.165) is 16.6 Å². The summed E-state index contributed by atoms with van der Waals surface area (Å²) in [5.41, 5.74) is 2.05. The number of rotatable bonds is 1. The summed E-state index contributed by atoms with van der Waals surface area (Å²) in [7, 11) is 0. The third-order valence-electron chi connectivity index (χ3n) is 2.58. The van der Waals surface area contributed by atoms with Crippen molar-refractivity contribution in [2.45, 2.75) is 0 Å². The highest BCUT2D eigenvalue weighted by Crippen LogP contribution is 2.21. The summed E-state index contributed by atoms with van der Waals surface area (Å²) < 4.78 is 5.14. The average Bonchev–Trinajstić information content (AvgIpc) is 2.39. The molecule has 0 atom stereocenters. The molecule has 0 spiro atoms. The lowest BCUT2D eigenvalue weighted by Gasteiger charge is -2.01. The zero-order chi connectivity index (χ0) is 11.7. The van der Waals surface area contributed by atoms with Gasteiger partial charge in [0, 0.05) is 23.2 Å². The number of hydrogen-bond donors (Lipinski definition) is 0. The van der Waals surface area contributed by atoms with Crippen LogP contribution in [0.1, 0.15) is 0 Å². The van der Waals surface area contributed by atoms with E-state index in [0.29, 0.717) is 5.58 Å². The van der Waals surface area contributed by atoms with E-state index in [1.807, 2.05) is 36.4 Å². The van der Waals surface area contributed by atoms with Crippen molar-refractivity contribution in [3.05, 3.63) is 65.1 Å². The molecule has 17 heavy (non-hydrogen) atoms. The van der Waals surface area contributed by atoms with Crippen LogP contribution in [0.4, 0.5) is 0 Å². The van der Waals surface area contributed by atoms with Crippen LogP contribution in [-0.2, 0) is 0 Å². The van der Waals surface area contributed by atoms with Gasteiger partial charge in [-0.05, 0) is 24.3 Å². The molecule has 0 aliphatic rings. The van der Waals surface area contributed by atoms with Crippen molar-refractivity contribution >= 4 is 11.0 Å². The van der Waals surface area contributed by atoms with Crippen LogP contribution < -0.4 is 5.63 Å². The summed E-state index contributed by atoms with van der Waals surface area (Å²) in [6, 6.07) is 14.6. The number of benzene rings is 1. The van der Waals surface area contributed by atoms with Crippen molar-refractivity contribution < 1.29 is 4.42 Å². The summed E-state index contributed by atoms with van der Waals surface area (Å²) in [5.74, 6) is 0. The molecule has 3 rings (SSSR count). The first kappa shape index (κ1) is 9.78. The Morgan fingerprint density at radius 2 is 1.88 bits per heavy atom. The molecule has 2 aromatic heterocycles. The molecule has 0 radical (unpaired) electrons. The van der Waals surface area contributed by atoms with Gasteiger partial charge in [-0.1, -0.05) is 18.2 Å². The van der Waals surface area contributed by atoms with Crippen molar-refractivity contribution in [1.82, 2.24) is 4.98 Å². The Kier molecular flexibility index (Phi) is 2.22. The maximum atomic E-state index is 11.1. The largest absolute Gasteiger partial charge is 0.423 e. The Morgan fingerprint density at radius 3 is 2.71 bits per heavy atom. The third-order valence-corrected chi connectivity index (χ3v) is 2.58. The Morgan fingerprint density at radius 1 is 1.00 bits per heavy atom. The predicted octanol–water partition coefficient (Wildman–Crippen LogP) is 2.86. The SMILES string of the molecule is O=c1ccc2ccc(-c3ccccn3)cc2o1. The van der Waals surface area contributed by atoms with Gasteiger partial charge in [-0.25, -0.2) is 4.79 Å². The smallest absolute Gasteiger partial charge is 0.336 e. The van der Waals surface area contributed by atoms with Gasteiger partial charge >= 0.3 is 5.63 Å². The average molecular weight is 223 g/mol. The summed E-state index contributed by atoms with van der Waals surface area (Å²) in [6.07, 6.45) is 1.74. The van der Waals surface area contributed by atoms with Crippen LogP contribution >= 0.6 is 0 Å². The molecule has 82 valence electrons. The Bertz CT molecular complexity index is 717. The zero-order valence-corrected chi connectivity index (χ0v) is 8.96. The normalized spacial score (nSPS) is 10.6. The van der Waals surface area contributed by atoms with Gasteiger partial charge in [0.25, 0.3) is 0 Å². The van der Waals surface area contributed by atoms with Gasteiger partial charge in [0.05, 0.1) is 5.69 Å². The van der Waals surface area contributed by atoms with E-state index in [2.05, 4.69) is 4.98 Å². The maximum absolute atomic E-state index is 11.1. The first-order valence-corrected chi connectivity index (χ1v) is 5.28. The second-order valence-electron chi connectivity index (χ2n) is 3.72. The highest BCUT2D eigenvalue weighted by atomic mass is 16.4. The van der Waals surface area contributed by atoms with Crippen molar-refractivity contribution in [2.75, 3.05) is 0 Å². The second-order valence-corrected chi connectivity index (χ2v) is 3.72. The fourth-order valence-corrected chi connectivity index (χ4v) is 1.75. The van der Waals surface area contributed by atoms with E-state index in [-0.39, 0.29) is 5.63 Å². The van der Waals surface area contributed by atoms with Crippen LogP contribution in [-0.4, -0.2) is 4.98 Å². The fourth-order valence-electron chi connectivity index (χ4n) is 1.75. The fraction of sp³-hybridized carbons (Fsp3) is 0. The lowest BCUT2D eigenvalue weighted by Crippen LogP contribution is -1.94. The Labute approximate surface area is 97.4 Å². The van der Waals surface area contributed by atoms with Crippen LogP contribution in [0, 0.1) is 0 Å². The summed E-state index contributed by atoms with van der Waals surface area (Å²) in [4.78, 5) is 15.4. The summed E-state index contributed by atoms with van der Waals surface area (Å²) >= 11 is 0. The number of aromatic nitrogens is 1. The zero-order valence-electron chi connectivity index (χ0n) is 8.96. The molecule has 0 amide bonds. The lowest BCUT2D eigenvalue weighted by molar-refractivity contribution is 0.561. The van der Waals surface area contributed by atoms with Gasteiger partial charge in [-0.15, -0.1) is 0 Å². The Balaban J connectivity index is 2.23. The molecule has 0 unspecified atom stereocenters. The molecule has 0 N–H and O–H groups in total. The van der Waals surface area contributed by atoms with Gasteiger partial charge in [0.15, 0.2) is 0 Å². The van der Waals surface area contributed by atoms with Crippen molar-refractivity contribution in [3.63, 3.8) is 0 Å². The monoisotopic (exact) mass is 223 g/mol. The number of hydrogen-bond acceptors (Lipinski definition) is 3. The van der Waals surface area contributed by atoms with Gasteiger partial charge in [0.2, 0.25) is 0 Å². The van der Waals surface area contributed by atoms with Gasteiger partial charge < -0.3 is 4.42 Å². The van der Waals surface area contributed by atoms with E-state index >= 15 is 0 Å². The van der Waals surface area contributed by atoms with E-state index in [1.54, 1.807) is 12.3 Å². The molecule has 3 aromatic rings. The number of fused-ring (bicyclic) bond motifs is 1. The van der Waals surface area contributed by atoms with E-state index in [4.69, 9.17) is 4.42 Å². The second kappa shape index (κ2) is 3.87. The van der Waals surface area contributed by atoms with E-state index < -0.39 is 0 Å². The van der Waals surface area contributed by atoms with Crippen LogP contribution in [0.25, 0.3) is 22.2 Å². The predicted molar refractivity (Wildman–Crippen MR) is 65.7 cm³/mol. The summed E-state index contributed by atoms with van der Waals surface area (Å²) in [6.45, 7) is 0. The van der Waals surface area contributed by atoms with Gasteiger partial charge in [0.1, 0.15) is 5.58 Å².